The first-order valence-electron chi connectivity index (χ1n) is 8.17. The molecule has 1 aromatic rings. The molecular formula is C18H27NO2. The number of carbonyl (C=O) groups excluding carboxylic acids is 1. The standard InChI is InChI=1S/C18H27NO2/c1-15(2)13-19(14-16-9-5-3-6-10-16)18(20)21-17-11-7-4-8-12-17/h4,7-8,11-12,15-16H,3,5-6,9-10,13-14H2,1-2H3. The molecule has 1 fully saturated rings. The van der Waals surface area contributed by atoms with Crippen LogP contribution in [0.5, 0.6) is 5.75 Å². The first-order chi connectivity index (χ1) is 10.1. The monoisotopic (exact) mass is 289 g/mol. The molecule has 0 unspecified atom stereocenters. The Labute approximate surface area is 128 Å². The van der Waals surface area contributed by atoms with Crippen molar-refractivity contribution in [2.75, 3.05) is 13.1 Å². The van der Waals surface area contributed by atoms with Crippen LogP contribution >= 0.6 is 0 Å². The largest absolute Gasteiger partial charge is 0.415 e. The van der Waals surface area contributed by atoms with E-state index in [4.69, 9.17) is 4.74 Å². The maximum atomic E-state index is 12.4. The topological polar surface area (TPSA) is 29.5 Å². The van der Waals surface area contributed by atoms with Crippen LogP contribution in [0.25, 0.3) is 0 Å². The SMILES string of the molecule is CC(C)CN(CC1CCCCC1)C(=O)Oc1ccccc1. The third-order valence-corrected chi connectivity index (χ3v) is 4.00. The number of para-hydroxylation sites is 1. The molecule has 21 heavy (non-hydrogen) atoms. The summed E-state index contributed by atoms with van der Waals surface area (Å²) in [6.07, 6.45) is 6.22. The van der Waals surface area contributed by atoms with Crippen molar-refractivity contribution < 1.29 is 9.53 Å². The van der Waals surface area contributed by atoms with Gasteiger partial charge in [0.25, 0.3) is 0 Å². The van der Waals surface area contributed by atoms with Crippen molar-refractivity contribution in [1.82, 2.24) is 4.90 Å². The number of benzene rings is 1. The van der Waals surface area contributed by atoms with Gasteiger partial charge in [0.15, 0.2) is 0 Å². The van der Waals surface area contributed by atoms with E-state index in [1.165, 1.54) is 32.1 Å². The molecule has 3 nitrogen and oxygen atoms in total. The van der Waals surface area contributed by atoms with E-state index >= 15 is 0 Å². The Morgan fingerprint density at radius 3 is 2.48 bits per heavy atom. The van der Waals surface area contributed by atoms with Gasteiger partial charge in [-0.15, -0.1) is 0 Å². The molecule has 0 saturated heterocycles. The third-order valence-electron chi connectivity index (χ3n) is 4.00. The second kappa shape index (κ2) is 8.06. The van der Waals surface area contributed by atoms with Gasteiger partial charge in [0.1, 0.15) is 5.75 Å². The van der Waals surface area contributed by atoms with E-state index in [0.29, 0.717) is 17.6 Å². The summed E-state index contributed by atoms with van der Waals surface area (Å²) in [5.41, 5.74) is 0. The Kier molecular flexibility index (Phi) is 6.09. The molecule has 0 aromatic heterocycles. The predicted octanol–water partition coefficient (Wildman–Crippen LogP) is 4.72. The molecule has 0 heterocycles. The highest BCUT2D eigenvalue weighted by Crippen LogP contribution is 2.25. The van der Waals surface area contributed by atoms with Crippen molar-refractivity contribution in [2.45, 2.75) is 46.0 Å². The zero-order valence-corrected chi connectivity index (χ0v) is 13.3. The van der Waals surface area contributed by atoms with Gasteiger partial charge in [-0.25, -0.2) is 4.79 Å². The zero-order chi connectivity index (χ0) is 15.1. The van der Waals surface area contributed by atoms with Gasteiger partial charge < -0.3 is 9.64 Å². The lowest BCUT2D eigenvalue weighted by atomic mass is 9.89. The molecule has 0 radical (unpaired) electrons. The minimum absolute atomic E-state index is 0.208. The number of amides is 1. The van der Waals surface area contributed by atoms with E-state index in [-0.39, 0.29) is 6.09 Å². The Hall–Kier alpha value is -1.51. The third kappa shape index (κ3) is 5.41. The van der Waals surface area contributed by atoms with Crippen molar-refractivity contribution >= 4 is 6.09 Å². The van der Waals surface area contributed by atoms with Crippen LogP contribution in [-0.2, 0) is 0 Å². The van der Waals surface area contributed by atoms with E-state index in [0.717, 1.165) is 13.1 Å². The molecule has 116 valence electrons. The molecule has 0 N–H and O–H groups in total. The number of carbonyl (C=O) groups is 1. The molecule has 2 rings (SSSR count). The lowest BCUT2D eigenvalue weighted by molar-refractivity contribution is 0.131. The molecule has 1 amide bonds. The van der Waals surface area contributed by atoms with Crippen LogP contribution in [0, 0.1) is 11.8 Å². The number of hydrogen-bond acceptors (Lipinski definition) is 2. The maximum Gasteiger partial charge on any atom is 0.415 e. The van der Waals surface area contributed by atoms with E-state index in [9.17, 15) is 4.79 Å². The van der Waals surface area contributed by atoms with Crippen molar-refractivity contribution in [3.8, 4) is 5.75 Å². The van der Waals surface area contributed by atoms with Crippen LogP contribution in [0.4, 0.5) is 4.79 Å². The van der Waals surface area contributed by atoms with Gasteiger partial charge in [-0.3, -0.25) is 0 Å². The van der Waals surface area contributed by atoms with Crippen LogP contribution in [0.1, 0.15) is 46.0 Å². The van der Waals surface area contributed by atoms with Crippen LogP contribution in [0.2, 0.25) is 0 Å². The van der Waals surface area contributed by atoms with Crippen LogP contribution in [0.15, 0.2) is 30.3 Å². The van der Waals surface area contributed by atoms with Crippen molar-refractivity contribution in [3.63, 3.8) is 0 Å². The summed E-state index contributed by atoms with van der Waals surface area (Å²) in [7, 11) is 0. The Balaban J connectivity index is 1.95. The number of hydrogen-bond donors (Lipinski definition) is 0. The summed E-state index contributed by atoms with van der Waals surface area (Å²) < 4.78 is 5.51. The van der Waals surface area contributed by atoms with E-state index < -0.39 is 0 Å². The molecule has 1 saturated carbocycles. The van der Waals surface area contributed by atoms with E-state index in [1.54, 1.807) is 0 Å². The smallest absolute Gasteiger partial charge is 0.410 e. The first-order valence-corrected chi connectivity index (χ1v) is 8.17. The Morgan fingerprint density at radius 2 is 1.86 bits per heavy atom. The van der Waals surface area contributed by atoms with Crippen LogP contribution in [0.3, 0.4) is 0 Å². The highest BCUT2D eigenvalue weighted by Gasteiger charge is 2.23. The van der Waals surface area contributed by atoms with Gasteiger partial charge in [0, 0.05) is 13.1 Å². The minimum atomic E-state index is -0.208. The quantitative estimate of drug-likeness (QED) is 0.784. The number of ether oxygens (including phenoxy) is 1. The maximum absolute atomic E-state index is 12.4. The molecule has 1 aliphatic rings. The summed E-state index contributed by atoms with van der Waals surface area (Å²) in [5.74, 6) is 1.72. The Bertz CT molecular complexity index is 424. The summed E-state index contributed by atoms with van der Waals surface area (Å²) >= 11 is 0. The average molecular weight is 289 g/mol. The summed E-state index contributed by atoms with van der Waals surface area (Å²) in [6.45, 7) is 5.89. The van der Waals surface area contributed by atoms with Gasteiger partial charge in [-0.2, -0.15) is 0 Å². The summed E-state index contributed by atoms with van der Waals surface area (Å²) in [4.78, 5) is 14.3. The fourth-order valence-corrected chi connectivity index (χ4v) is 3.00. The van der Waals surface area contributed by atoms with Gasteiger partial charge >= 0.3 is 6.09 Å². The highest BCUT2D eigenvalue weighted by atomic mass is 16.6. The van der Waals surface area contributed by atoms with Gasteiger partial charge in [-0.1, -0.05) is 51.3 Å². The number of rotatable bonds is 5. The second-order valence-corrected chi connectivity index (χ2v) is 6.48. The molecule has 1 aromatic carbocycles. The molecule has 0 bridgehead atoms. The highest BCUT2D eigenvalue weighted by molar-refractivity contribution is 5.70. The van der Waals surface area contributed by atoms with E-state index in [1.807, 2.05) is 35.2 Å². The summed E-state index contributed by atoms with van der Waals surface area (Å²) in [5, 5.41) is 0. The normalized spacial score (nSPS) is 16.0. The van der Waals surface area contributed by atoms with Gasteiger partial charge in [0.05, 0.1) is 0 Å². The van der Waals surface area contributed by atoms with Crippen LogP contribution < -0.4 is 4.74 Å². The van der Waals surface area contributed by atoms with Crippen molar-refractivity contribution in [1.29, 1.82) is 0 Å². The van der Waals surface area contributed by atoms with Crippen LogP contribution in [-0.4, -0.2) is 24.1 Å². The van der Waals surface area contributed by atoms with E-state index in [2.05, 4.69) is 13.8 Å². The summed E-state index contributed by atoms with van der Waals surface area (Å²) in [6, 6.07) is 9.34. The molecular weight excluding hydrogens is 262 g/mol. The Morgan fingerprint density at radius 1 is 1.19 bits per heavy atom. The molecule has 0 atom stereocenters. The van der Waals surface area contributed by atoms with Crippen molar-refractivity contribution in [2.24, 2.45) is 11.8 Å². The molecule has 0 spiro atoms. The number of nitrogens with zero attached hydrogens (tertiary/aromatic N) is 1. The van der Waals surface area contributed by atoms with Gasteiger partial charge in [-0.05, 0) is 36.8 Å². The lowest BCUT2D eigenvalue weighted by Gasteiger charge is -2.30. The van der Waals surface area contributed by atoms with Crippen molar-refractivity contribution in [3.05, 3.63) is 30.3 Å². The molecule has 0 aliphatic heterocycles. The predicted molar refractivity (Wildman–Crippen MR) is 85.5 cm³/mol. The molecule has 1 aliphatic carbocycles. The minimum Gasteiger partial charge on any atom is -0.410 e. The second-order valence-electron chi connectivity index (χ2n) is 6.48. The average Bonchev–Trinajstić information content (AvgIpc) is 2.48. The fourth-order valence-electron chi connectivity index (χ4n) is 3.00. The zero-order valence-electron chi connectivity index (χ0n) is 13.3. The first kappa shape index (κ1) is 15.9. The fraction of sp³-hybridized carbons (Fsp3) is 0.611. The van der Waals surface area contributed by atoms with Gasteiger partial charge in [0.2, 0.25) is 0 Å². The molecule has 3 heteroatoms. The lowest BCUT2D eigenvalue weighted by Crippen LogP contribution is -2.40.